The Kier molecular flexibility index (Phi) is 6.47. The molecule has 0 spiro atoms. The molecule has 0 atom stereocenters. The average molecular weight is 434 g/mol. The van der Waals surface area contributed by atoms with Gasteiger partial charge in [-0.2, -0.15) is 0 Å². The molecular formula is C26H28ClN3O. The number of nitrogens with zero attached hydrogens (tertiary/aromatic N) is 1. The Bertz CT molecular complexity index is 1130. The minimum Gasteiger partial charge on any atom is -0.455 e. The molecule has 2 aromatic heterocycles. The van der Waals surface area contributed by atoms with Crippen LogP contribution in [0.2, 0.25) is 5.02 Å². The maximum atomic E-state index is 6.19. The second kappa shape index (κ2) is 9.44. The number of unbranched alkanes of at least 4 members (excludes halogenated alkanes) is 2. The van der Waals surface area contributed by atoms with E-state index < -0.39 is 0 Å². The lowest BCUT2D eigenvalue weighted by Crippen LogP contribution is -1.96. The van der Waals surface area contributed by atoms with Crippen LogP contribution in [-0.2, 0) is 6.42 Å². The number of nitrogens with one attached hydrogen (secondary N) is 2. The standard InChI is InChI=1S/C26H28ClN3O/c1-4-5-6-8-21-17(2)23(29-18(21)3)15-25-26(31-20-12-10-19(27)11-13-20)16-24(30-25)22-9-7-14-28-22/h7,9-16,28-29H,4-6,8H2,1-3H3/b25-15-. The molecule has 0 aliphatic carbocycles. The number of aryl methyl sites for hydroxylation is 1. The van der Waals surface area contributed by atoms with Gasteiger partial charge in [-0.05, 0) is 80.3 Å². The third-order valence-electron chi connectivity index (χ3n) is 5.62. The molecule has 0 amide bonds. The van der Waals surface area contributed by atoms with Crippen LogP contribution in [0, 0.1) is 13.8 Å². The number of halogens is 1. The van der Waals surface area contributed by atoms with Gasteiger partial charge in [0.1, 0.15) is 11.4 Å². The van der Waals surface area contributed by atoms with Crippen molar-refractivity contribution in [3.63, 3.8) is 0 Å². The molecule has 160 valence electrons. The van der Waals surface area contributed by atoms with Crippen LogP contribution < -0.4 is 4.74 Å². The van der Waals surface area contributed by atoms with Gasteiger partial charge in [0, 0.05) is 28.7 Å². The molecule has 0 fully saturated rings. The first-order chi connectivity index (χ1) is 15.0. The molecule has 31 heavy (non-hydrogen) atoms. The number of allylic oxidation sites excluding steroid dienone is 1. The fourth-order valence-electron chi connectivity index (χ4n) is 3.88. The van der Waals surface area contributed by atoms with Gasteiger partial charge in [0.25, 0.3) is 0 Å². The lowest BCUT2D eigenvalue weighted by Gasteiger charge is -2.07. The van der Waals surface area contributed by atoms with Crippen molar-refractivity contribution in [3.8, 4) is 5.75 Å². The molecule has 0 radical (unpaired) electrons. The highest BCUT2D eigenvalue weighted by molar-refractivity contribution is 6.30. The smallest absolute Gasteiger partial charge is 0.155 e. The van der Waals surface area contributed by atoms with E-state index in [1.54, 1.807) is 0 Å². The number of hydrogen-bond acceptors (Lipinski definition) is 2. The van der Waals surface area contributed by atoms with E-state index in [9.17, 15) is 0 Å². The third-order valence-corrected chi connectivity index (χ3v) is 5.87. The van der Waals surface area contributed by atoms with Crippen molar-refractivity contribution in [3.05, 3.63) is 93.4 Å². The van der Waals surface area contributed by atoms with E-state index in [1.807, 2.05) is 48.7 Å². The zero-order chi connectivity index (χ0) is 21.8. The van der Waals surface area contributed by atoms with Crippen LogP contribution in [0.25, 0.3) is 6.08 Å². The number of benzene rings is 1. The number of aromatic amines is 2. The summed E-state index contributed by atoms with van der Waals surface area (Å²) in [4.78, 5) is 11.6. The fourth-order valence-corrected chi connectivity index (χ4v) is 4.01. The predicted molar refractivity (Wildman–Crippen MR) is 129 cm³/mol. The van der Waals surface area contributed by atoms with Crippen molar-refractivity contribution in [2.45, 2.75) is 46.5 Å². The zero-order valence-corrected chi connectivity index (χ0v) is 19.0. The van der Waals surface area contributed by atoms with E-state index in [0.717, 1.165) is 35.0 Å². The summed E-state index contributed by atoms with van der Waals surface area (Å²) in [6.45, 7) is 6.58. The maximum Gasteiger partial charge on any atom is 0.155 e. The van der Waals surface area contributed by atoms with Crippen LogP contribution in [0.4, 0.5) is 0 Å². The van der Waals surface area contributed by atoms with E-state index in [1.165, 1.54) is 36.1 Å². The fraction of sp³-hybridized carbons (Fsp3) is 0.269. The highest BCUT2D eigenvalue weighted by Gasteiger charge is 2.20. The van der Waals surface area contributed by atoms with Gasteiger partial charge in [0.15, 0.2) is 5.76 Å². The quantitative estimate of drug-likeness (QED) is 0.364. The first-order valence-corrected chi connectivity index (χ1v) is 11.2. The summed E-state index contributed by atoms with van der Waals surface area (Å²) in [5.41, 5.74) is 7.62. The van der Waals surface area contributed by atoms with E-state index in [2.05, 4.69) is 36.8 Å². The summed E-state index contributed by atoms with van der Waals surface area (Å²) in [7, 11) is 0. The molecule has 0 bridgehead atoms. The molecule has 4 nitrogen and oxygen atoms in total. The molecule has 1 aliphatic rings. The van der Waals surface area contributed by atoms with Gasteiger partial charge < -0.3 is 14.7 Å². The van der Waals surface area contributed by atoms with Gasteiger partial charge in [0.2, 0.25) is 0 Å². The highest BCUT2D eigenvalue weighted by Crippen LogP contribution is 2.30. The van der Waals surface area contributed by atoms with Gasteiger partial charge in [-0.15, -0.1) is 0 Å². The van der Waals surface area contributed by atoms with Crippen LogP contribution in [0.3, 0.4) is 0 Å². The van der Waals surface area contributed by atoms with Crippen molar-refractivity contribution < 1.29 is 4.74 Å². The molecule has 1 aliphatic heterocycles. The molecular weight excluding hydrogens is 406 g/mol. The number of aromatic nitrogens is 2. The number of H-pyrrole nitrogens is 2. The van der Waals surface area contributed by atoms with Crippen molar-refractivity contribution in [2.24, 2.45) is 4.99 Å². The molecule has 0 unspecified atom stereocenters. The van der Waals surface area contributed by atoms with Gasteiger partial charge in [0.05, 0.1) is 11.4 Å². The molecule has 1 aromatic carbocycles. The minimum atomic E-state index is 0.680. The maximum absolute atomic E-state index is 6.19. The molecule has 3 heterocycles. The molecule has 0 saturated heterocycles. The van der Waals surface area contributed by atoms with Crippen molar-refractivity contribution in [1.82, 2.24) is 9.97 Å². The summed E-state index contributed by atoms with van der Waals surface area (Å²) >= 11 is 6.02. The van der Waals surface area contributed by atoms with E-state index in [4.69, 9.17) is 21.3 Å². The largest absolute Gasteiger partial charge is 0.455 e. The Morgan fingerprint density at radius 1 is 1.10 bits per heavy atom. The van der Waals surface area contributed by atoms with Crippen molar-refractivity contribution in [1.29, 1.82) is 0 Å². The Morgan fingerprint density at radius 2 is 1.90 bits per heavy atom. The van der Waals surface area contributed by atoms with Crippen LogP contribution in [0.5, 0.6) is 5.75 Å². The predicted octanol–water partition coefficient (Wildman–Crippen LogP) is 7.15. The van der Waals surface area contributed by atoms with Gasteiger partial charge in [-0.25, -0.2) is 4.99 Å². The van der Waals surface area contributed by atoms with E-state index in [0.29, 0.717) is 10.8 Å². The second-order valence-corrected chi connectivity index (χ2v) is 8.34. The van der Waals surface area contributed by atoms with Crippen LogP contribution in [0.1, 0.15) is 54.4 Å². The highest BCUT2D eigenvalue weighted by atomic mass is 35.5. The van der Waals surface area contributed by atoms with Crippen LogP contribution in [0.15, 0.2) is 65.1 Å². The van der Waals surface area contributed by atoms with Crippen molar-refractivity contribution in [2.75, 3.05) is 0 Å². The molecule has 2 N–H and O–H groups in total. The SMILES string of the molecule is CCCCCc1c(C)[nH]c(/C=C2\N=C(c3ccc[nH]3)C=C2Oc2ccc(Cl)cc2)c1C. The third kappa shape index (κ3) is 4.86. The van der Waals surface area contributed by atoms with Gasteiger partial charge in [-0.3, -0.25) is 0 Å². The molecule has 5 heteroatoms. The summed E-state index contributed by atoms with van der Waals surface area (Å²) < 4.78 is 6.19. The Hall–Kier alpha value is -2.98. The normalized spacial score (nSPS) is 14.8. The zero-order valence-electron chi connectivity index (χ0n) is 18.3. The molecule has 0 saturated carbocycles. The summed E-state index contributed by atoms with van der Waals surface area (Å²) in [5, 5.41) is 0.680. The van der Waals surface area contributed by atoms with Gasteiger partial charge in [-0.1, -0.05) is 31.4 Å². The second-order valence-electron chi connectivity index (χ2n) is 7.90. The number of rotatable bonds is 8. The van der Waals surface area contributed by atoms with Crippen LogP contribution >= 0.6 is 11.6 Å². The number of hydrogen-bond donors (Lipinski definition) is 2. The summed E-state index contributed by atoms with van der Waals surface area (Å²) in [6.07, 6.45) is 10.8. The van der Waals surface area contributed by atoms with Crippen molar-refractivity contribution >= 4 is 23.4 Å². The molecule has 4 rings (SSSR count). The molecule has 3 aromatic rings. The number of ether oxygens (including phenoxy) is 1. The van der Waals surface area contributed by atoms with Crippen LogP contribution in [-0.4, -0.2) is 15.7 Å². The Balaban J connectivity index is 1.67. The Morgan fingerprint density at radius 3 is 2.61 bits per heavy atom. The van der Waals surface area contributed by atoms with E-state index in [-0.39, 0.29) is 0 Å². The summed E-state index contributed by atoms with van der Waals surface area (Å²) in [6, 6.07) is 11.3. The first kappa shape index (κ1) is 21.3. The summed E-state index contributed by atoms with van der Waals surface area (Å²) in [5.74, 6) is 1.44. The minimum absolute atomic E-state index is 0.680. The van der Waals surface area contributed by atoms with E-state index >= 15 is 0 Å². The average Bonchev–Trinajstić information content (AvgIpc) is 3.47. The lowest BCUT2D eigenvalue weighted by atomic mass is 10.0. The first-order valence-electron chi connectivity index (χ1n) is 10.8. The number of aliphatic imine (C=N–C) groups is 1. The lowest BCUT2D eigenvalue weighted by molar-refractivity contribution is 0.439. The monoisotopic (exact) mass is 433 g/mol. The Labute approximate surface area is 188 Å². The van der Waals surface area contributed by atoms with Gasteiger partial charge >= 0.3 is 0 Å². The topological polar surface area (TPSA) is 53.2 Å².